The van der Waals surface area contributed by atoms with E-state index in [4.69, 9.17) is 9.47 Å². The van der Waals surface area contributed by atoms with Crippen LogP contribution in [0.4, 0.5) is 4.79 Å². The minimum absolute atomic E-state index is 0.00616. The summed E-state index contributed by atoms with van der Waals surface area (Å²) in [6.45, 7) is 3.35. The molecule has 0 unspecified atom stereocenters. The zero-order chi connectivity index (χ0) is 37.6. The predicted molar refractivity (Wildman–Crippen MR) is 213 cm³/mol. The average molecular weight is 738 g/mol. The number of fused-ring (bicyclic) bond motifs is 1. The Hall–Kier alpha value is -5.52. The lowest BCUT2D eigenvalue weighted by atomic mass is 9.97. The van der Waals surface area contributed by atoms with Gasteiger partial charge in [-0.25, -0.2) is 9.59 Å². The number of amides is 2. The number of rotatable bonds is 11. The molecule has 2 saturated heterocycles. The van der Waals surface area contributed by atoms with Crippen molar-refractivity contribution in [2.24, 2.45) is 0 Å². The number of piperidine rings is 1. The first-order valence-corrected chi connectivity index (χ1v) is 19.2. The van der Waals surface area contributed by atoms with Crippen LogP contribution in [-0.4, -0.2) is 51.3 Å². The molecule has 1 aromatic heterocycles. The van der Waals surface area contributed by atoms with E-state index in [0.29, 0.717) is 19.5 Å². The molecule has 2 aliphatic heterocycles. The second-order valence-corrected chi connectivity index (χ2v) is 14.5. The summed E-state index contributed by atoms with van der Waals surface area (Å²) in [6.07, 6.45) is 1.65. The molecular weight excluding hydrogens is 691 g/mol. The Balaban J connectivity index is 0.942. The van der Waals surface area contributed by atoms with Crippen molar-refractivity contribution in [1.29, 1.82) is 0 Å². The number of carbonyl (C=O) groups is 1. The van der Waals surface area contributed by atoms with Crippen LogP contribution in [0.1, 0.15) is 65.5 Å². The molecule has 4 N–H and O–H groups in total. The van der Waals surface area contributed by atoms with Gasteiger partial charge in [-0.1, -0.05) is 115 Å². The van der Waals surface area contributed by atoms with Gasteiger partial charge in [0.15, 0.2) is 6.29 Å². The molecule has 10 nitrogen and oxygen atoms in total. The first-order chi connectivity index (χ1) is 27.0. The number of nitrogens with zero attached hydrogens (tertiary/aromatic N) is 2. The number of aromatic nitrogens is 2. The lowest BCUT2D eigenvalue weighted by Gasteiger charge is -2.40. The number of benzene rings is 5. The Morgan fingerprint density at radius 1 is 0.745 bits per heavy atom. The van der Waals surface area contributed by atoms with Crippen molar-refractivity contribution >= 4 is 17.1 Å². The second-order valence-electron chi connectivity index (χ2n) is 14.5. The largest absolute Gasteiger partial charge is 0.392 e. The minimum Gasteiger partial charge on any atom is -0.392 e. The van der Waals surface area contributed by atoms with Crippen molar-refractivity contribution in [3.05, 3.63) is 166 Å². The molecule has 8 rings (SSSR count). The van der Waals surface area contributed by atoms with Crippen LogP contribution in [0, 0.1) is 0 Å². The molecule has 0 radical (unpaired) electrons. The number of ether oxygens (including phenoxy) is 2. The number of imidazole rings is 1. The zero-order valence-electron chi connectivity index (χ0n) is 30.8. The van der Waals surface area contributed by atoms with Gasteiger partial charge >= 0.3 is 11.7 Å². The van der Waals surface area contributed by atoms with Crippen molar-refractivity contribution in [2.75, 3.05) is 19.6 Å². The van der Waals surface area contributed by atoms with E-state index in [-0.39, 0.29) is 36.6 Å². The van der Waals surface area contributed by atoms with Crippen molar-refractivity contribution in [1.82, 2.24) is 25.1 Å². The first kappa shape index (κ1) is 36.5. The number of likely N-dealkylation sites (tertiary alicyclic amines) is 1. The number of nitrogens with one attached hydrogen (secondary N) is 3. The van der Waals surface area contributed by atoms with Gasteiger partial charge in [-0.15, -0.1) is 0 Å². The van der Waals surface area contributed by atoms with Crippen LogP contribution in [0.25, 0.3) is 22.2 Å². The summed E-state index contributed by atoms with van der Waals surface area (Å²) in [7, 11) is 0. The van der Waals surface area contributed by atoms with E-state index in [1.807, 2.05) is 102 Å². The number of aromatic amines is 1. The highest BCUT2D eigenvalue weighted by molar-refractivity contribution is 5.75. The standard InChI is InChI=1S/C45H47N5O5/c51-30-32-14-16-34(17-15-32)42-26-38(29-49-24-22-37(23-25-49)50-41-13-7-6-12-40(41)48-45(50)53)54-43(55-42)35-20-18-33(19-21-35)39-11-5-4-10-36(39)28-47-44(52)46-27-31-8-2-1-3-9-31/h1-21,37-38,42-43,51H,22-30H2,(H,48,53)(H2,46,47,52)/t38-,42+,43+/m1/s1. The number of urea groups is 1. The topological polar surface area (TPSA) is 121 Å². The smallest absolute Gasteiger partial charge is 0.326 e. The number of aliphatic hydroxyl groups is 1. The van der Waals surface area contributed by atoms with Crippen LogP contribution in [0.5, 0.6) is 0 Å². The second kappa shape index (κ2) is 16.9. The SMILES string of the molecule is O=C(NCc1ccccc1)NCc1ccccc1-c1ccc([C@H]2O[C@@H](CN3CCC(n4c(=O)[nH]c5ccccc54)CC3)C[C@@H](c3ccc(CO)cc3)O2)cc1. The third-order valence-electron chi connectivity index (χ3n) is 10.9. The van der Waals surface area contributed by atoms with Gasteiger partial charge in [-0.05, 0) is 58.4 Å². The van der Waals surface area contributed by atoms with Gasteiger partial charge in [0.25, 0.3) is 0 Å². The third kappa shape index (κ3) is 8.58. The highest BCUT2D eigenvalue weighted by atomic mass is 16.7. The number of hydrogen-bond donors (Lipinski definition) is 4. The monoisotopic (exact) mass is 737 g/mol. The molecule has 0 bridgehead atoms. The quantitative estimate of drug-likeness (QED) is 0.110. The summed E-state index contributed by atoms with van der Waals surface area (Å²) in [6, 6.07) is 42.0. The van der Waals surface area contributed by atoms with Gasteiger partial charge in [0.05, 0.1) is 29.8 Å². The van der Waals surface area contributed by atoms with E-state index in [0.717, 1.165) is 82.5 Å². The predicted octanol–water partition coefficient (Wildman–Crippen LogP) is 7.37. The molecule has 3 heterocycles. The summed E-state index contributed by atoms with van der Waals surface area (Å²) < 4.78 is 15.3. The third-order valence-corrected chi connectivity index (χ3v) is 10.9. The number of H-pyrrole nitrogens is 1. The lowest BCUT2D eigenvalue weighted by molar-refractivity contribution is -0.253. The van der Waals surface area contributed by atoms with Crippen molar-refractivity contribution in [3.63, 3.8) is 0 Å². The highest BCUT2D eigenvalue weighted by Gasteiger charge is 2.34. The normalized spacial score (nSPS) is 19.3. The number of aliphatic hydroxyl groups excluding tert-OH is 1. The van der Waals surface area contributed by atoms with Crippen LogP contribution in [0.2, 0.25) is 0 Å². The first-order valence-electron chi connectivity index (χ1n) is 19.2. The number of hydrogen-bond acceptors (Lipinski definition) is 6. The summed E-state index contributed by atoms with van der Waals surface area (Å²) in [5.74, 6) is 0. The van der Waals surface area contributed by atoms with E-state index in [1.165, 1.54) is 0 Å². The van der Waals surface area contributed by atoms with E-state index in [9.17, 15) is 14.7 Å². The maximum absolute atomic E-state index is 12.9. The minimum atomic E-state index is -0.567. The molecule has 0 spiro atoms. The average Bonchev–Trinajstić information content (AvgIpc) is 3.58. The molecule has 2 fully saturated rings. The molecule has 3 atom stereocenters. The van der Waals surface area contributed by atoms with E-state index in [1.54, 1.807) is 0 Å². The molecule has 0 aliphatic carbocycles. The molecular formula is C45H47N5O5. The fourth-order valence-electron chi connectivity index (χ4n) is 7.91. The molecule has 2 amide bonds. The fourth-order valence-corrected chi connectivity index (χ4v) is 7.91. The maximum Gasteiger partial charge on any atom is 0.326 e. The van der Waals surface area contributed by atoms with Crippen LogP contribution >= 0.6 is 0 Å². The van der Waals surface area contributed by atoms with Gasteiger partial charge in [0, 0.05) is 50.7 Å². The van der Waals surface area contributed by atoms with Crippen molar-refractivity contribution in [3.8, 4) is 11.1 Å². The fraction of sp³-hybridized carbons (Fsp3) is 0.289. The van der Waals surface area contributed by atoms with Crippen molar-refractivity contribution < 1.29 is 19.4 Å². The van der Waals surface area contributed by atoms with E-state index < -0.39 is 6.29 Å². The summed E-state index contributed by atoms with van der Waals surface area (Å²) in [4.78, 5) is 31.0. The summed E-state index contributed by atoms with van der Waals surface area (Å²) >= 11 is 0. The Bertz CT molecular complexity index is 2240. The van der Waals surface area contributed by atoms with Crippen LogP contribution in [-0.2, 0) is 29.2 Å². The lowest BCUT2D eigenvalue weighted by Crippen LogP contribution is -2.43. The van der Waals surface area contributed by atoms with Gasteiger partial charge in [-0.3, -0.25) is 4.57 Å². The maximum atomic E-state index is 12.9. The van der Waals surface area contributed by atoms with Gasteiger partial charge in [-0.2, -0.15) is 0 Å². The number of para-hydroxylation sites is 2. The molecule has 2 aliphatic rings. The van der Waals surface area contributed by atoms with E-state index in [2.05, 4.69) is 50.8 Å². The molecule has 282 valence electrons. The van der Waals surface area contributed by atoms with Gasteiger partial charge in [0.2, 0.25) is 0 Å². The zero-order valence-corrected chi connectivity index (χ0v) is 30.8. The molecule has 55 heavy (non-hydrogen) atoms. The van der Waals surface area contributed by atoms with Crippen LogP contribution in [0.3, 0.4) is 0 Å². The summed E-state index contributed by atoms with van der Waals surface area (Å²) in [5, 5.41) is 15.6. The highest BCUT2D eigenvalue weighted by Crippen LogP contribution is 2.39. The Morgan fingerprint density at radius 3 is 2.22 bits per heavy atom. The Labute approximate surface area is 320 Å². The van der Waals surface area contributed by atoms with Crippen LogP contribution in [0.15, 0.2) is 132 Å². The molecule has 5 aromatic carbocycles. The Morgan fingerprint density at radius 2 is 1.44 bits per heavy atom. The van der Waals surface area contributed by atoms with Gasteiger partial charge < -0.3 is 35.1 Å². The van der Waals surface area contributed by atoms with Crippen LogP contribution < -0.4 is 16.3 Å². The molecule has 6 aromatic rings. The molecule has 0 saturated carbocycles. The Kier molecular flexibility index (Phi) is 11.2. The number of carbonyl (C=O) groups excluding carboxylic acids is 1. The van der Waals surface area contributed by atoms with Gasteiger partial charge in [0.1, 0.15) is 0 Å². The summed E-state index contributed by atoms with van der Waals surface area (Å²) in [5.41, 5.74) is 8.78. The van der Waals surface area contributed by atoms with Crippen molar-refractivity contribution in [2.45, 2.75) is 63.5 Å². The van der Waals surface area contributed by atoms with E-state index >= 15 is 0 Å². The molecule has 10 heteroatoms.